The number of aromatic amines is 1. The number of aryl methyl sites for hydroxylation is 1. The van der Waals surface area contributed by atoms with Crippen molar-refractivity contribution in [3.05, 3.63) is 92.1 Å². The molecule has 0 atom stereocenters. The Hall–Kier alpha value is -3.32. The maximum atomic E-state index is 12.7. The third-order valence-electron chi connectivity index (χ3n) is 4.92. The van der Waals surface area contributed by atoms with Crippen molar-refractivity contribution in [1.82, 2.24) is 9.55 Å². The van der Waals surface area contributed by atoms with Crippen LogP contribution in [0.1, 0.15) is 23.1 Å². The lowest BCUT2D eigenvalue weighted by Gasteiger charge is -2.27. The molecule has 4 N–H and O–H groups in total. The second-order valence-corrected chi connectivity index (χ2v) is 6.99. The van der Waals surface area contributed by atoms with Crippen LogP contribution in [0.3, 0.4) is 0 Å². The van der Waals surface area contributed by atoms with Crippen LogP contribution in [0.5, 0.6) is 0 Å². The quantitative estimate of drug-likeness (QED) is 0.541. The summed E-state index contributed by atoms with van der Waals surface area (Å²) in [5, 5.41) is 9.32. The van der Waals surface area contributed by atoms with Gasteiger partial charge in [-0.05, 0) is 30.0 Å². The minimum absolute atomic E-state index is 0.00820. The SMILES string of the molecule is Cc1ccccc1CN(CCCO)c1c(N)n(Cc2ccccc2)c(=O)[nH]c1=O. The first-order valence-corrected chi connectivity index (χ1v) is 9.58. The van der Waals surface area contributed by atoms with E-state index in [1.807, 2.05) is 66.4 Å². The molecule has 1 aromatic heterocycles. The summed E-state index contributed by atoms with van der Waals surface area (Å²) >= 11 is 0. The second-order valence-electron chi connectivity index (χ2n) is 6.99. The zero-order valence-electron chi connectivity index (χ0n) is 16.5. The zero-order valence-corrected chi connectivity index (χ0v) is 16.5. The number of rotatable bonds is 8. The third kappa shape index (κ3) is 4.75. The number of nitrogens with two attached hydrogens (primary N) is 1. The largest absolute Gasteiger partial charge is 0.396 e. The molecule has 0 aliphatic carbocycles. The molecule has 2 aromatic carbocycles. The van der Waals surface area contributed by atoms with Gasteiger partial charge < -0.3 is 15.7 Å². The van der Waals surface area contributed by atoms with Crippen molar-refractivity contribution >= 4 is 11.5 Å². The second kappa shape index (κ2) is 9.25. The van der Waals surface area contributed by atoms with Crippen LogP contribution in [-0.4, -0.2) is 27.8 Å². The summed E-state index contributed by atoms with van der Waals surface area (Å²) in [5.41, 5.74) is 8.56. The lowest BCUT2D eigenvalue weighted by Crippen LogP contribution is -2.39. The van der Waals surface area contributed by atoms with Crippen molar-refractivity contribution < 1.29 is 5.11 Å². The average molecular weight is 394 g/mol. The normalized spacial score (nSPS) is 10.8. The topological polar surface area (TPSA) is 104 Å². The number of aliphatic hydroxyl groups excluding tert-OH is 1. The van der Waals surface area contributed by atoms with Gasteiger partial charge in [-0.1, -0.05) is 54.6 Å². The molecule has 3 aromatic rings. The van der Waals surface area contributed by atoms with E-state index in [4.69, 9.17) is 5.73 Å². The van der Waals surface area contributed by atoms with Gasteiger partial charge in [0.1, 0.15) is 11.5 Å². The molecule has 0 fully saturated rings. The highest BCUT2D eigenvalue weighted by atomic mass is 16.3. The van der Waals surface area contributed by atoms with Crippen LogP contribution in [0.15, 0.2) is 64.2 Å². The van der Waals surface area contributed by atoms with Crippen LogP contribution in [0, 0.1) is 6.92 Å². The molecular formula is C22H26N4O3. The van der Waals surface area contributed by atoms with Crippen molar-refractivity contribution in [2.45, 2.75) is 26.4 Å². The summed E-state index contributed by atoms with van der Waals surface area (Å²) in [6.45, 7) is 3.13. The molecule has 0 bridgehead atoms. The lowest BCUT2D eigenvalue weighted by molar-refractivity contribution is 0.289. The van der Waals surface area contributed by atoms with E-state index in [0.29, 0.717) is 19.5 Å². The van der Waals surface area contributed by atoms with E-state index in [2.05, 4.69) is 4.98 Å². The van der Waals surface area contributed by atoms with Gasteiger partial charge in [-0.2, -0.15) is 0 Å². The molecule has 0 saturated carbocycles. The Kier molecular flexibility index (Phi) is 6.51. The first kappa shape index (κ1) is 20.4. The summed E-state index contributed by atoms with van der Waals surface area (Å²) in [7, 11) is 0. The number of nitrogens with zero attached hydrogens (tertiary/aromatic N) is 2. The van der Waals surface area contributed by atoms with Crippen LogP contribution in [0.4, 0.5) is 11.5 Å². The van der Waals surface area contributed by atoms with Gasteiger partial charge in [-0.15, -0.1) is 0 Å². The number of anilines is 2. The Balaban J connectivity index is 2.05. The summed E-state index contributed by atoms with van der Waals surface area (Å²) in [6, 6.07) is 17.3. The van der Waals surface area contributed by atoms with E-state index in [1.165, 1.54) is 4.57 Å². The maximum absolute atomic E-state index is 12.7. The molecule has 7 heteroatoms. The molecule has 0 unspecified atom stereocenters. The molecule has 0 saturated heterocycles. The Morgan fingerprint density at radius 3 is 2.45 bits per heavy atom. The van der Waals surface area contributed by atoms with Gasteiger partial charge in [0, 0.05) is 19.7 Å². The van der Waals surface area contributed by atoms with Crippen LogP contribution < -0.4 is 21.9 Å². The Labute approximate surface area is 169 Å². The minimum Gasteiger partial charge on any atom is -0.396 e. The number of benzene rings is 2. The van der Waals surface area contributed by atoms with Gasteiger partial charge in [-0.25, -0.2) is 4.79 Å². The molecule has 0 radical (unpaired) electrons. The molecule has 3 rings (SSSR count). The molecule has 0 aliphatic rings. The summed E-state index contributed by atoms with van der Waals surface area (Å²) in [6.07, 6.45) is 0.475. The van der Waals surface area contributed by atoms with E-state index in [0.717, 1.165) is 16.7 Å². The predicted molar refractivity (Wildman–Crippen MR) is 115 cm³/mol. The van der Waals surface area contributed by atoms with Gasteiger partial charge in [0.2, 0.25) is 0 Å². The van der Waals surface area contributed by atoms with E-state index in [9.17, 15) is 14.7 Å². The highest BCUT2D eigenvalue weighted by Gasteiger charge is 2.19. The fourth-order valence-electron chi connectivity index (χ4n) is 3.33. The highest BCUT2D eigenvalue weighted by molar-refractivity contribution is 5.63. The maximum Gasteiger partial charge on any atom is 0.330 e. The van der Waals surface area contributed by atoms with E-state index < -0.39 is 11.2 Å². The van der Waals surface area contributed by atoms with Gasteiger partial charge in [0.05, 0.1) is 6.54 Å². The number of aromatic nitrogens is 2. The summed E-state index contributed by atoms with van der Waals surface area (Å²) in [5.74, 6) is 0.120. The smallest absolute Gasteiger partial charge is 0.330 e. The van der Waals surface area contributed by atoms with Crippen LogP contribution in [0.2, 0.25) is 0 Å². The number of nitrogen functional groups attached to an aromatic ring is 1. The van der Waals surface area contributed by atoms with Gasteiger partial charge in [0.25, 0.3) is 5.56 Å². The average Bonchev–Trinajstić information content (AvgIpc) is 2.71. The first-order valence-electron chi connectivity index (χ1n) is 9.58. The number of hydrogen-bond donors (Lipinski definition) is 3. The van der Waals surface area contributed by atoms with E-state index >= 15 is 0 Å². The Morgan fingerprint density at radius 1 is 1.07 bits per heavy atom. The van der Waals surface area contributed by atoms with Crippen molar-refractivity contribution in [1.29, 1.82) is 0 Å². The fraction of sp³-hybridized carbons (Fsp3) is 0.273. The molecule has 7 nitrogen and oxygen atoms in total. The van der Waals surface area contributed by atoms with Crippen LogP contribution in [0.25, 0.3) is 0 Å². The van der Waals surface area contributed by atoms with Gasteiger partial charge in [-0.3, -0.25) is 14.3 Å². The number of H-pyrrole nitrogens is 1. The molecule has 0 amide bonds. The minimum atomic E-state index is -0.543. The summed E-state index contributed by atoms with van der Waals surface area (Å²) in [4.78, 5) is 29.3. The van der Waals surface area contributed by atoms with Crippen molar-refractivity contribution in [2.24, 2.45) is 0 Å². The first-order chi connectivity index (χ1) is 14.0. The third-order valence-corrected chi connectivity index (χ3v) is 4.92. The molecule has 1 heterocycles. The van der Waals surface area contributed by atoms with Gasteiger partial charge in [0.15, 0.2) is 0 Å². The Morgan fingerprint density at radius 2 is 1.76 bits per heavy atom. The molecule has 0 spiro atoms. The molecule has 152 valence electrons. The van der Waals surface area contributed by atoms with Crippen molar-refractivity contribution in [3.8, 4) is 0 Å². The molecular weight excluding hydrogens is 368 g/mol. The highest BCUT2D eigenvalue weighted by Crippen LogP contribution is 2.21. The fourth-order valence-corrected chi connectivity index (χ4v) is 3.33. The predicted octanol–water partition coefficient (Wildman–Crippen LogP) is 1.86. The lowest BCUT2D eigenvalue weighted by atomic mass is 10.1. The molecule has 0 aliphatic heterocycles. The zero-order chi connectivity index (χ0) is 20.8. The monoisotopic (exact) mass is 394 g/mol. The number of aliphatic hydroxyl groups is 1. The van der Waals surface area contributed by atoms with Crippen molar-refractivity contribution in [2.75, 3.05) is 23.8 Å². The Bertz CT molecular complexity index is 1070. The summed E-state index contributed by atoms with van der Waals surface area (Å²) < 4.78 is 1.37. The van der Waals surface area contributed by atoms with Gasteiger partial charge >= 0.3 is 5.69 Å². The molecule has 29 heavy (non-hydrogen) atoms. The van der Waals surface area contributed by atoms with E-state index in [1.54, 1.807) is 0 Å². The number of hydrogen-bond acceptors (Lipinski definition) is 5. The standard InChI is InChI=1S/C22H26N4O3/c1-16-8-5-6-11-18(16)15-25(12-7-13-27)19-20(23)26(22(29)24-21(19)28)14-17-9-3-2-4-10-17/h2-6,8-11,27H,7,12-15,23H2,1H3,(H,24,28,29). The number of nitrogens with one attached hydrogen (secondary N) is 1. The van der Waals surface area contributed by atoms with Crippen LogP contribution in [-0.2, 0) is 13.1 Å². The van der Waals surface area contributed by atoms with E-state index in [-0.39, 0.29) is 24.7 Å². The van der Waals surface area contributed by atoms with Crippen molar-refractivity contribution in [3.63, 3.8) is 0 Å². The van der Waals surface area contributed by atoms with Crippen LogP contribution >= 0.6 is 0 Å².